The summed E-state index contributed by atoms with van der Waals surface area (Å²) in [6.45, 7) is 6.82. The normalized spacial score (nSPS) is 15.4. The van der Waals surface area contributed by atoms with Crippen molar-refractivity contribution in [3.63, 3.8) is 0 Å². The molecule has 0 nitrogen and oxygen atoms in total. The number of halogens is 2. The zero-order valence-electron chi connectivity index (χ0n) is 8.32. The average molecular weight is 297 g/mol. The van der Waals surface area contributed by atoms with E-state index in [1.807, 2.05) is 0 Å². The molecule has 0 saturated heterocycles. The summed E-state index contributed by atoms with van der Waals surface area (Å²) in [5.41, 5.74) is 3.22. The fourth-order valence-corrected chi connectivity index (χ4v) is 2.19. The Labute approximate surface area is 109 Å². The Morgan fingerprint density at radius 1 is 1.38 bits per heavy atom. The summed E-state index contributed by atoms with van der Waals surface area (Å²) in [7, 11) is 0. The molecule has 1 aliphatic carbocycles. The van der Waals surface area contributed by atoms with Crippen molar-refractivity contribution in [1.82, 2.24) is 0 Å². The maximum Gasteiger partial charge on any atom is -1.00 e. The van der Waals surface area contributed by atoms with Crippen molar-refractivity contribution < 1.29 is 49.5 Å². The molecule has 0 aromatic heterocycles. The molecule has 0 saturated carbocycles. The van der Waals surface area contributed by atoms with Gasteiger partial charge in [0.2, 0.25) is 0 Å². The minimum absolute atomic E-state index is 0. The summed E-state index contributed by atoms with van der Waals surface area (Å²) in [5.74, 6) is 0.819. The van der Waals surface area contributed by atoms with Gasteiger partial charge in [0.25, 0.3) is 0 Å². The monoisotopic (exact) mass is 295 g/mol. The third kappa shape index (κ3) is 4.81. The molecule has 0 radical (unpaired) electrons. The average Bonchev–Trinajstić information content (AvgIpc) is 2.18. The second kappa shape index (κ2) is 7.26. The molecule has 0 aromatic carbocycles. The third-order valence-electron chi connectivity index (χ3n) is 2.06. The van der Waals surface area contributed by atoms with Crippen LogP contribution in [0.25, 0.3) is 0 Å². The second-order valence-corrected chi connectivity index (χ2v) is 4.90. The molecule has 0 N–H and O–H groups in total. The Morgan fingerprint density at radius 3 is 2.23 bits per heavy atom. The Hall–Kier alpha value is 0.943. The Bertz CT molecular complexity index is 217. The molecule has 13 heavy (non-hydrogen) atoms. The molecule has 0 bridgehead atoms. The van der Waals surface area contributed by atoms with Gasteiger partial charge in [-0.15, -0.1) is 0 Å². The topological polar surface area (TPSA) is 0 Å². The largest absolute Gasteiger partial charge is 1.00 e. The van der Waals surface area contributed by atoms with Gasteiger partial charge in [0.15, 0.2) is 0 Å². The van der Waals surface area contributed by atoms with E-state index in [-0.39, 0.29) is 24.8 Å². The van der Waals surface area contributed by atoms with Crippen LogP contribution < -0.4 is 24.8 Å². The summed E-state index contributed by atoms with van der Waals surface area (Å²) >= 11 is 1.59. The molecule has 0 spiro atoms. The molecule has 0 aliphatic heterocycles. The predicted molar refractivity (Wildman–Crippen MR) is 44.9 cm³/mol. The first-order valence-corrected chi connectivity index (χ1v) is 5.45. The van der Waals surface area contributed by atoms with Crippen LogP contribution in [0.1, 0.15) is 33.6 Å². The molecule has 1 rings (SSSR count). The van der Waals surface area contributed by atoms with Gasteiger partial charge in [0, 0.05) is 0 Å². The number of allylic oxidation sites excluding steroid dienone is 4. The standard InChI is InChI=1S/C10H15.2ClH.Zr/c1-8(2)6-10-5-4-9(3)7-10;;;/h4,8H,5-6H2,1-3H3;2*1H;/q;;;+2/p-2. The summed E-state index contributed by atoms with van der Waals surface area (Å²) < 4.78 is 1.63. The summed E-state index contributed by atoms with van der Waals surface area (Å²) in [6, 6.07) is 0. The number of hydrogen-bond donors (Lipinski definition) is 0. The van der Waals surface area contributed by atoms with Gasteiger partial charge in [-0.05, 0) is 0 Å². The predicted octanol–water partition coefficient (Wildman–Crippen LogP) is -2.81. The minimum Gasteiger partial charge on any atom is -1.00 e. The summed E-state index contributed by atoms with van der Waals surface area (Å²) in [4.78, 5) is 0. The van der Waals surface area contributed by atoms with Crippen molar-refractivity contribution in [1.29, 1.82) is 0 Å². The van der Waals surface area contributed by atoms with Crippen LogP contribution in [0.15, 0.2) is 20.5 Å². The Balaban J connectivity index is 0. The van der Waals surface area contributed by atoms with Gasteiger partial charge < -0.3 is 24.8 Å². The third-order valence-corrected chi connectivity index (χ3v) is 3.90. The van der Waals surface area contributed by atoms with Crippen LogP contribution in [0.5, 0.6) is 0 Å². The van der Waals surface area contributed by atoms with Crippen LogP contribution in [-0.2, 0) is 24.7 Å². The van der Waals surface area contributed by atoms with Gasteiger partial charge in [0.1, 0.15) is 0 Å². The fraction of sp³-hybridized carbons (Fsp3) is 0.600. The first kappa shape index (κ1) is 16.4. The van der Waals surface area contributed by atoms with Gasteiger partial charge in [0.05, 0.1) is 0 Å². The van der Waals surface area contributed by atoms with Crippen LogP contribution >= 0.6 is 0 Å². The zero-order valence-corrected chi connectivity index (χ0v) is 12.3. The SMILES string of the molecule is CC1=CCC(CC(C)C)=[C]1[Zr+2].[Cl-].[Cl-]. The van der Waals surface area contributed by atoms with Crippen molar-refractivity contribution >= 4 is 0 Å². The fourth-order valence-electron chi connectivity index (χ4n) is 1.44. The van der Waals surface area contributed by atoms with E-state index in [1.54, 1.807) is 33.6 Å². The van der Waals surface area contributed by atoms with E-state index in [0.717, 1.165) is 5.92 Å². The van der Waals surface area contributed by atoms with Gasteiger partial charge >= 0.3 is 84.8 Å². The first-order valence-electron chi connectivity index (χ1n) is 4.22. The second-order valence-electron chi connectivity index (χ2n) is 3.67. The van der Waals surface area contributed by atoms with Crippen LogP contribution in [0, 0.1) is 5.92 Å². The van der Waals surface area contributed by atoms with Crippen molar-refractivity contribution in [2.45, 2.75) is 33.6 Å². The first-order chi connectivity index (χ1) is 5.11. The molecule has 0 aromatic rings. The Kier molecular flexibility index (Phi) is 9.15. The summed E-state index contributed by atoms with van der Waals surface area (Å²) in [6.07, 6.45) is 4.89. The maximum atomic E-state index is 2.36. The van der Waals surface area contributed by atoms with E-state index < -0.39 is 0 Å². The van der Waals surface area contributed by atoms with Crippen LogP contribution in [0.3, 0.4) is 0 Å². The van der Waals surface area contributed by atoms with Crippen molar-refractivity contribution in [3.8, 4) is 0 Å². The maximum absolute atomic E-state index is 2.36. The van der Waals surface area contributed by atoms with Crippen LogP contribution in [-0.4, -0.2) is 0 Å². The Morgan fingerprint density at radius 2 is 1.92 bits per heavy atom. The molecule has 3 heteroatoms. The number of hydrogen-bond acceptors (Lipinski definition) is 0. The van der Waals surface area contributed by atoms with Gasteiger partial charge in [-0.1, -0.05) is 0 Å². The van der Waals surface area contributed by atoms with E-state index in [4.69, 9.17) is 0 Å². The molecule has 0 heterocycles. The number of rotatable bonds is 2. The van der Waals surface area contributed by atoms with E-state index in [0.29, 0.717) is 0 Å². The molecule has 0 fully saturated rings. The van der Waals surface area contributed by atoms with Crippen molar-refractivity contribution in [2.24, 2.45) is 5.92 Å². The van der Waals surface area contributed by atoms with Crippen molar-refractivity contribution in [3.05, 3.63) is 20.5 Å². The van der Waals surface area contributed by atoms with E-state index in [1.165, 1.54) is 18.4 Å². The molecule has 1 aliphatic rings. The molecule has 0 amide bonds. The van der Waals surface area contributed by atoms with E-state index >= 15 is 0 Å². The van der Waals surface area contributed by atoms with Gasteiger partial charge in [-0.2, -0.15) is 0 Å². The molecular formula is C10H15Cl2Zr. The van der Waals surface area contributed by atoms with Crippen LogP contribution in [0.2, 0.25) is 0 Å². The van der Waals surface area contributed by atoms with E-state index in [2.05, 4.69) is 26.8 Å². The molecular weight excluding hydrogens is 282 g/mol. The van der Waals surface area contributed by atoms with Crippen molar-refractivity contribution in [2.75, 3.05) is 0 Å². The quantitative estimate of drug-likeness (QED) is 0.516. The van der Waals surface area contributed by atoms with E-state index in [9.17, 15) is 0 Å². The van der Waals surface area contributed by atoms with Crippen LogP contribution in [0.4, 0.5) is 0 Å². The molecule has 0 unspecified atom stereocenters. The zero-order chi connectivity index (χ0) is 8.43. The molecule has 73 valence electrons. The smallest absolute Gasteiger partial charge is 1.00 e. The minimum atomic E-state index is 0. The summed E-state index contributed by atoms with van der Waals surface area (Å²) in [5, 5.41) is 0. The van der Waals surface area contributed by atoms with Gasteiger partial charge in [-0.25, -0.2) is 0 Å². The molecule has 0 atom stereocenters. The van der Waals surface area contributed by atoms with Gasteiger partial charge in [-0.3, -0.25) is 0 Å².